The van der Waals surface area contributed by atoms with Gasteiger partial charge in [-0.1, -0.05) is 0 Å². The first-order valence-corrected chi connectivity index (χ1v) is 3.52. The van der Waals surface area contributed by atoms with E-state index in [1.54, 1.807) is 0 Å². The largest absolute Gasteiger partial charge is 0.302 e. The summed E-state index contributed by atoms with van der Waals surface area (Å²) in [5.74, 6) is -0.611. The summed E-state index contributed by atoms with van der Waals surface area (Å²) in [5, 5.41) is 0. The van der Waals surface area contributed by atoms with Crippen molar-refractivity contribution in [1.29, 1.82) is 0 Å². The summed E-state index contributed by atoms with van der Waals surface area (Å²) in [5.41, 5.74) is 0. The number of nitrogens with zero attached hydrogens (tertiary/aromatic N) is 1. The van der Waals surface area contributed by atoms with E-state index in [1.165, 1.54) is 0 Å². The predicted molar refractivity (Wildman–Crippen MR) is 33.2 cm³/mol. The molecule has 1 aromatic heterocycles. The second-order valence-corrected chi connectivity index (χ2v) is 2.56. The first-order chi connectivity index (χ1) is 4.70. The van der Waals surface area contributed by atoms with Gasteiger partial charge in [0.05, 0.1) is 11.1 Å². The van der Waals surface area contributed by atoms with Crippen LogP contribution in [0.15, 0.2) is 23.4 Å². The van der Waals surface area contributed by atoms with Gasteiger partial charge in [-0.25, -0.2) is 8.60 Å². The summed E-state index contributed by atoms with van der Waals surface area (Å²) >= 11 is -2.14. The number of hydrogen-bond donors (Lipinski definition) is 1. The van der Waals surface area contributed by atoms with E-state index in [9.17, 15) is 8.60 Å². The highest BCUT2D eigenvalue weighted by molar-refractivity contribution is 7.79. The number of halogens is 1. The van der Waals surface area contributed by atoms with Crippen molar-refractivity contribution in [2.24, 2.45) is 0 Å². The van der Waals surface area contributed by atoms with Crippen LogP contribution in [0.3, 0.4) is 0 Å². The van der Waals surface area contributed by atoms with Gasteiger partial charge in [0.25, 0.3) is 0 Å². The molecule has 54 valence electrons. The Balaban J connectivity index is 3.07. The summed E-state index contributed by atoms with van der Waals surface area (Å²) < 4.78 is 30.9. The van der Waals surface area contributed by atoms with Gasteiger partial charge in [0, 0.05) is 6.20 Å². The van der Waals surface area contributed by atoms with Crippen LogP contribution in [0.2, 0.25) is 0 Å². The Morgan fingerprint density at radius 3 is 2.70 bits per heavy atom. The summed E-state index contributed by atoms with van der Waals surface area (Å²) in [6.45, 7) is 0. The molecular weight excluding hydrogens is 157 g/mol. The average molecular weight is 161 g/mol. The molecule has 1 rings (SSSR count). The van der Waals surface area contributed by atoms with E-state index in [0.29, 0.717) is 0 Å². The van der Waals surface area contributed by atoms with E-state index in [0.717, 1.165) is 18.5 Å². The van der Waals surface area contributed by atoms with Crippen molar-refractivity contribution >= 4 is 11.1 Å². The second-order valence-electron chi connectivity index (χ2n) is 1.59. The maximum Gasteiger partial charge on any atom is 0.188 e. The summed E-state index contributed by atoms with van der Waals surface area (Å²) in [7, 11) is 0. The van der Waals surface area contributed by atoms with Crippen molar-refractivity contribution in [3.63, 3.8) is 0 Å². The summed E-state index contributed by atoms with van der Waals surface area (Å²) in [4.78, 5) is 3.35. The van der Waals surface area contributed by atoms with Crippen LogP contribution >= 0.6 is 0 Å². The van der Waals surface area contributed by atoms with Gasteiger partial charge in [-0.05, 0) is 6.07 Å². The average Bonchev–Trinajstić information content (AvgIpc) is 1.88. The molecule has 1 heterocycles. The van der Waals surface area contributed by atoms with Crippen molar-refractivity contribution in [2.45, 2.75) is 4.90 Å². The summed E-state index contributed by atoms with van der Waals surface area (Å²) in [6, 6.07) is 0.961. The molecule has 0 aromatic carbocycles. The Morgan fingerprint density at radius 2 is 2.30 bits per heavy atom. The minimum Gasteiger partial charge on any atom is -0.302 e. The zero-order chi connectivity index (χ0) is 7.56. The molecule has 0 amide bonds. The molecule has 0 fully saturated rings. The third-order valence-corrected chi connectivity index (χ3v) is 1.51. The second kappa shape index (κ2) is 2.85. The van der Waals surface area contributed by atoms with Crippen LogP contribution in [0.5, 0.6) is 0 Å². The lowest BCUT2D eigenvalue weighted by molar-refractivity contribution is 0.560. The molecule has 5 heteroatoms. The predicted octanol–water partition coefficient (Wildman–Crippen LogP) is 0.801. The molecule has 0 saturated heterocycles. The zero-order valence-corrected chi connectivity index (χ0v) is 5.64. The van der Waals surface area contributed by atoms with Crippen molar-refractivity contribution < 1.29 is 13.2 Å². The summed E-state index contributed by atoms with van der Waals surface area (Å²) in [6.07, 6.45) is 2.11. The van der Waals surface area contributed by atoms with Gasteiger partial charge in [-0.2, -0.15) is 0 Å². The van der Waals surface area contributed by atoms with Crippen molar-refractivity contribution in [3.05, 3.63) is 24.3 Å². The normalized spacial score (nSPS) is 13.0. The number of pyridine rings is 1. The topological polar surface area (TPSA) is 50.2 Å². The monoisotopic (exact) mass is 161 g/mol. The molecule has 0 spiro atoms. The van der Waals surface area contributed by atoms with E-state index >= 15 is 0 Å². The quantitative estimate of drug-likeness (QED) is 0.620. The Morgan fingerprint density at radius 1 is 1.60 bits per heavy atom. The lowest BCUT2D eigenvalue weighted by atomic mass is 10.5. The maximum absolute atomic E-state index is 12.2. The molecule has 0 aliphatic heterocycles. The molecule has 0 radical (unpaired) electrons. The van der Waals surface area contributed by atoms with Gasteiger partial charge in [0.2, 0.25) is 0 Å². The Labute approximate surface area is 59.2 Å². The lowest BCUT2D eigenvalue weighted by Gasteiger charge is -1.91. The minimum absolute atomic E-state index is 0.0278. The van der Waals surface area contributed by atoms with Crippen LogP contribution in [-0.2, 0) is 11.1 Å². The fourth-order valence-electron chi connectivity index (χ4n) is 0.488. The molecule has 10 heavy (non-hydrogen) atoms. The standard InChI is InChI=1S/C5H4FNO2S/c6-4-1-5(10(8)9)3-7-2-4/h1-3H,(H,8,9). The van der Waals surface area contributed by atoms with E-state index in [-0.39, 0.29) is 4.90 Å². The Kier molecular flexibility index (Phi) is 2.08. The molecule has 1 N–H and O–H groups in total. The first-order valence-electron chi connectivity index (χ1n) is 2.41. The van der Waals surface area contributed by atoms with Gasteiger partial charge >= 0.3 is 0 Å². The van der Waals surface area contributed by atoms with E-state index in [2.05, 4.69) is 4.98 Å². The van der Waals surface area contributed by atoms with Gasteiger partial charge in [0.15, 0.2) is 11.1 Å². The fraction of sp³-hybridized carbons (Fsp3) is 0. The van der Waals surface area contributed by atoms with Crippen molar-refractivity contribution in [1.82, 2.24) is 4.98 Å². The maximum atomic E-state index is 12.2. The molecule has 0 saturated carbocycles. The Hall–Kier alpha value is -0.810. The zero-order valence-electron chi connectivity index (χ0n) is 4.82. The van der Waals surface area contributed by atoms with Crippen molar-refractivity contribution in [3.8, 4) is 0 Å². The van der Waals surface area contributed by atoms with E-state index < -0.39 is 16.9 Å². The van der Waals surface area contributed by atoms with Gasteiger partial charge in [-0.3, -0.25) is 4.98 Å². The molecular formula is C5H4FNO2S. The van der Waals surface area contributed by atoms with Crippen LogP contribution in [-0.4, -0.2) is 13.7 Å². The molecule has 1 atom stereocenters. The van der Waals surface area contributed by atoms with E-state index in [4.69, 9.17) is 4.55 Å². The van der Waals surface area contributed by atoms with E-state index in [1.807, 2.05) is 0 Å². The first kappa shape index (κ1) is 7.30. The third-order valence-electron chi connectivity index (χ3n) is 0.881. The highest BCUT2D eigenvalue weighted by Crippen LogP contribution is 2.03. The highest BCUT2D eigenvalue weighted by Gasteiger charge is 1.99. The number of aromatic nitrogens is 1. The Bertz CT molecular complexity index is 266. The lowest BCUT2D eigenvalue weighted by Crippen LogP contribution is -1.90. The molecule has 0 aliphatic carbocycles. The van der Waals surface area contributed by atoms with Gasteiger partial charge in [-0.15, -0.1) is 0 Å². The van der Waals surface area contributed by atoms with Crippen LogP contribution in [0, 0.1) is 5.82 Å². The fourth-order valence-corrected chi connectivity index (χ4v) is 0.852. The minimum atomic E-state index is -2.14. The molecule has 0 aliphatic rings. The molecule has 1 aromatic rings. The number of hydrogen-bond acceptors (Lipinski definition) is 2. The van der Waals surface area contributed by atoms with Crippen LogP contribution in [0.1, 0.15) is 0 Å². The molecule has 3 nitrogen and oxygen atoms in total. The van der Waals surface area contributed by atoms with Crippen LogP contribution in [0.25, 0.3) is 0 Å². The van der Waals surface area contributed by atoms with Crippen molar-refractivity contribution in [2.75, 3.05) is 0 Å². The molecule has 0 bridgehead atoms. The van der Waals surface area contributed by atoms with Crippen LogP contribution in [0.4, 0.5) is 4.39 Å². The molecule has 1 unspecified atom stereocenters. The third kappa shape index (κ3) is 1.58. The smallest absolute Gasteiger partial charge is 0.188 e. The van der Waals surface area contributed by atoms with Crippen LogP contribution < -0.4 is 0 Å². The SMILES string of the molecule is O=S(O)c1cncc(F)c1. The highest BCUT2D eigenvalue weighted by atomic mass is 32.2. The number of rotatable bonds is 1. The van der Waals surface area contributed by atoms with Gasteiger partial charge in [0.1, 0.15) is 5.82 Å². The van der Waals surface area contributed by atoms with Gasteiger partial charge < -0.3 is 4.55 Å².